The molecule has 1 aromatic rings. The highest BCUT2D eigenvalue weighted by Gasteiger charge is 2.07. The van der Waals surface area contributed by atoms with E-state index in [9.17, 15) is 9.00 Å². The summed E-state index contributed by atoms with van der Waals surface area (Å²) in [7, 11) is 0. The van der Waals surface area contributed by atoms with E-state index in [2.05, 4.69) is 4.18 Å². The minimum Gasteiger partial charge on any atom is -0.379 e. The van der Waals surface area contributed by atoms with Gasteiger partial charge in [0, 0.05) is 0 Å². The lowest BCUT2D eigenvalue weighted by Crippen LogP contribution is -2.01. The first-order chi connectivity index (χ1) is 6.15. The monoisotopic (exact) mass is 200 g/mol. The first-order valence-electron chi connectivity index (χ1n) is 3.49. The van der Waals surface area contributed by atoms with Crippen LogP contribution in [-0.4, -0.2) is 15.0 Å². The van der Waals surface area contributed by atoms with Crippen LogP contribution in [0.4, 0.5) is 0 Å². The molecule has 0 aliphatic carbocycles. The summed E-state index contributed by atoms with van der Waals surface area (Å²) in [5, 5.41) is 0. The summed E-state index contributed by atoms with van der Waals surface area (Å²) in [6.07, 6.45) is 0.595. The molecular formula is C8H8O4S. The van der Waals surface area contributed by atoms with E-state index in [0.717, 1.165) is 0 Å². The number of rotatable bonds is 3. The standard InChI is InChI=1S/C8H8O4S/c1-6-3-2-4-8(7(6)5-9)12-13(10)11/h2-5H,1H3,(H,10,11). The highest BCUT2D eigenvalue weighted by molar-refractivity contribution is 7.74. The first-order valence-corrected chi connectivity index (χ1v) is 4.52. The van der Waals surface area contributed by atoms with Crippen molar-refractivity contribution in [3.8, 4) is 5.75 Å². The molecule has 1 aromatic carbocycles. The lowest BCUT2D eigenvalue weighted by molar-refractivity contribution is 0.112. The third-order valence-corrected chi connectivity index (χ3v) is 1.89. The van der Waals surface area contributed by atoms with Gasteiger partial charge in [0.2, 0.25) is 0 Å². The van der Waals surface area contributed by atoms with Gasteiger partial charge in [-0.1, -0.05) is 12.1 Å². The maximum atomic E-state index is 10.6. The largest absolute Gasteiger partial charge is 0.379 e. The highest BCUT2D eigenvalue weighted by atomic mass is 32.2. The molecule has 0 fully saturated rings. The topological polar surface area (TPSA) is 63.6 Å². The molecule has 0 radical (unpaired) electrons. The van der Waals surface area contributed by atoms with Gasteiger partial charge in [-0.2, -0.15) is 4.21 Å². The maximum Gasteiger partial charge on any atom is 0.357 e. The first kappa shape index (κ1) is 9.88. The summed E-state index contributed by atoms with van der Waals surface area (Å²) in [4.78, 5) is 10.6. The molecule has 1 rings (SSSR count). The van der Waals surface area contributed by atoms with Crippen LogP contribution in [0.3, 0.4) is 0 Å². The van der Waals surface area contributed by atoms with Crippen molar-refractivity contribution in [2.45, 2.75) is 6.92 Å². The van der Waals surface area contributed by atoms with Crippen LogP contribution < -0.4 is 4.18 Å². The fourth-order valence-electron chi connectivity index (χ4n) is 0.954. The highest BCUT2D eigenvalue weighted by Crippen LogP contribution is 2.20. The number of hydrogen-bond donors (Lipinski definition) is 1. The minimum absolute atomic E-state index is 0.121. The Hall–Kier alpha value is -1.20. The van der Waals surface area contributed by atoms with Crippen LogP contribution in [0, 0.1) is 6.92 Å². The van der Waals surface area contributed by atoms with Crippen LogP contribution >= 0.6 is 0 Å². The van der Waals surface area contributed by atoms with E-state index in [1.54, 1.807) is 19.1 Å². The van der Waals surface area contributed by atoms with Gasteiger partial charge in [0.15, 0.2) is 12.0 Å². The summed E-state index contributed by atoms with van der Waals surface area (Å²) >= 11 is -2.40. The Balaban J connectivity index is 3.12. The Bertz CT molecular complexity index is 348. The fraction of sp³-hybridized carbons (Fsp3) is 0.125. The van der Waals surface area contributed by atoms with E-state index < -0.39 is 11.4 Å². The Morgan fingerprint density at radius 2 is 2.23 bits per heavy atom. The smallest absolute Gasteiger partial charge is 0.357 e. The molecule has 0 spiro atoms. The summed E-state index contributed by atoms with van der Waals surface area (Å²) in [5.74, 6) is 0.121. The van der Waals surface area contributed by atoms with Crippen molar-refractivity contribution >= 4 is 17.6 Å². The van der Waals surface area contributed by atoms with E-state index in [1.807, 2.05) is 0 Å². The molecule has 0 aliphatic rings. The molecule has 0 amide bonds. The second-order valence-corrected chi connectivity index (χ2v) is 3.01. The molecule has 0 heterocycles. The van der Waals surface area contributed by atoms with Gasteiger partial charge >= 0.3 is 11.4 Å². The zero-order chi connectivity index (χ0) is 9.84. The normalized spacial score (nSPS) is 12.2. The van der Waals surface area contributed by atoms with Crippen molar-refractivity contribution in [1.29, 1.82) is 0 Å². The maximum absolute atomic E-state index is 10.6. The Morgan fingerprint density at radius 3 is 2.77 bits per heavy atom. The zero-order valence-electron chi connectivity index (χ0n) is 6.89. The molecule has 1 N–H and O–H groups in total. The summed E-state index contributed by atoms with van der Waals surface area (Å²) in [5.41, 5.74) is 1.00. The summed E-state index contributed by atoms with van der Waals surface area (Å²) < 4.78 is 23.3. The second-order valence-electron chi connectivity index (χ2n) is 2.41. The molecule has 1 unspecified atom stereocenters. The van der Waals surface area contributed by atoms with Crippen LogP contribution in [0.1, 0.15) is 15.9 Å². The van der Waals surface area contributed by atoms with E-state index in [4.69, 9.17) is 4.55 Å². The molecule has 0 bridgehead atoms. The zero-order valence-corrected chi connectivity index (χ0v) is 7.71. The Morgan fingerprint density at radius 1 is 1.54 bits per heavy atom. The van der Waals surface area contributed by atoms with Gasteiger partial charge in [0.1, 0.15) is 0 Å². The molecule has 13 heavy (non-hydrogen) atoms. The van der Waals surface area contributed by atoms with Gasteiger partial charge in [0.25, 0.3) is 0 Å². The molecule has 4 nitrogen and oxygen atoms in total. The quantitative estimate of drug-likeness (QED) is 0.590. The third-order valence-electron chi connectivity index (χ3n) is 1.56. The van der Waals surface area contributed by atoms with Gasteiger partial charge in [0.05, 0.1) is 5.56 Å². The minimum atomic E-state index is -2.40. The molecule has 0 saturated carbocycles. The Labute approximate surface area is 78.0 Å². The fourth-order valence-corrected chi connectivity index (χ4v) is 1.25. The van der Waals surface area contributed by atoms with Crippen molar-refractivity contribution in [2.24, 2.45) is 0 Å². The van der Waals surface area contributed by atoms with Crippen molar-refractivity contribution < 1.29 is 17.7 Å². The van der Waals surface area contributed by atoms with Crippen molar-refractivity contribution in [3.05, 3.63) is 29.3 Å². The third kappa shape index (κ3) is 2.37. The van der Waals surface area contributed by atoms with Crippen LogP contribution in [-0.2, 0) is 11.4 Å². The molecule has 0 aliphatic heterocycles. The van der Waals surface area contributed by atoms with Crippen LogP contribution in [0.2, 0.25) is 0 Å². The molecule has 0 saturated heterocycles. The van der Waals surface area contributed by atoms with Crippen molar-refractivity contribution in [3.63, 3.8) is 0 Å². The average molecular weight is 200 g/mol. The van der Waals surface area contributed by atoms with E-state index in [0.29, 0.717) is 17.4 Å². The summed E-state index contributed by atoms with van der Waals surface area (Å²) in [6, 6.07) is 4.83. The van der Waals surface area contributed by atoms with Crippen LogP contribution in [0.25, 0.3) is 0 Å². The molecule has 1 atom stereocenters. The number of aryl methyl sites for hydroxylation is 1. The lowest BCUT2D eigenvalue weighted by atomic mass is 10.1. The van der Waals surface area contributed by atoms with Gasteiger partial charge in [-0.05, 0) is 18.6 Å². The van der Waals surface area contributed by atoms with E-state index in [1.165, 1.54) is 6.07 Å². The SMILES string of the molecule is Cc1cccc(OS(=O)O)c1C=O. The predicted octanol–water partition coefficient (Wildman–Crippen LogP) is 1.32. The van der Waals surface area contributed by atoms with E-state index in [-0.39, 0.29) is 5.75 Å². The molecule has 70 valence electrons. The second kappa shape index (κ2) is 4.15. The molecule has 0 aromatic heterocycles. The van der Waals surface area contributed by atoms with Gasteiger partial charge < -0.3 is 4.18 Å². The van der Waals surface area contributed by atoms with Crippen molar-refractivity contribution in [2.75, 3.05) is 0 Å². The molecule has 5 heteroatoms. The van der Waals surface area contributed by atoms with Crippen molar-refractivity contribution in [1.82, 2.24) is 0 Å². The van der Waals surface area contributed by atoms with E-state index >= 15 is 0 Å². The van der Waals surface area contributed by atoms with Crippen LogP contribution in [0.15, 0.2) is 18.2 Å². The summed E-state index contributed by atoms with van der Waals surface area (Å²) in [6.45, 7) is 1.72. The predicted molar refractivity (Wildman–Crippen MR) is 48.0 cm³/mol. The number of carbonyl (C=O) groups is 1. The van der Waals surface area contributed by atoms with Crippen LogP contribution in [0.5, 0.6) is 5.75 Å². The van der Waals surface area contributed by atoms with Gasteiger partial charge in [-0.25, -0.2) is 0 Å². The van der Waals surface area contributed by atoms with Gasteiger partial charge in [-0.15, -0.1) is 0 Å². The number of hydrogen-bond acceptors (Lipinski definition) is 3. The Kier molecular flexibility index (Phi) is 3.16. The van der Waals surface area contributed by atoms with Gasteiger partial charge in [-0.3, -0.25) is 9.35 Å². The lowest BCUT2D eigenvalue weighted by Gasteiger charge is -2.04. The average Bonchev–Trinajstić information content (AvgIpc) is 2.03. The number of carbonyl (C=O) groups excluding carboxylic acids is 1. The molecular weight excluding hydrogens is 192 g/mol. The number of benzene rings is 1. The number of aldehydes is 1.